The minimum absolute atomic E-state index is 0.0567. The molecular formula is C27H39N3O3. The average molecular weight is 454 g/mol. The van der Waals surface area contributed by atoms with E-state index in [0.29, 0.717) is 19.4 Å². The lowest BCUT2D eigenvalue weighted by Crippen LogP contribution is -2.71. The van der Waals surface area contributed by atoms with Crippen molar-refractivity contribution >= 4 is 5.91 Å². The summed E-state index contributed by atoms with van der Waals surface area (Å²) in [5.41, 5.74) is 0.711. The number of likely N-dealkylation sites (tertiary alicyclic amines) is 3. The van der Waals surface area contributed by atoms with Gasteiger partial charge in [-0.3, -0.25) is 9.69 Å². The second-order valence-corrected chi connectivity index (χ2v) is 11.5. The van der Waals surface area contributed by atoms with E-state index in [1.165, 1.54) is 44.3 Å². The monoisotopic (exact) mass is 453 g/mol. The number of carbonyl (C=O) groups is 1. The maximum atomic E-state index is 13.6. The third-order valence-corrected chi connectivity index (χ3v) is 9.53. The number of benzene rings is 1. The first-order chi connectivity index (χ1) is 16.0. The van der Waals surface area contributed by atoms with Crippen molar-refractivity contribution in [1.82, 2.24) is 14.7 Å². The Morgan fingerprint density at radius 3 is 2.64 bits per heavy atom. The smallest absolute Gasteiger partial charge is 0.223 e. The Labute approximate surface area is 197 Å². The Morgan fingerprint density at radius 2 is 1.85 bits per heavy atom. The fourth-order valence-electron chi connectivity index (χ4n) is 7.51. The summed E-state index contributed by atoms with van der Waals surface area (Å²) in [6.07, 6.45) is 8.79. The van der Waals surface area contributed by atoms with Gasteiger partial charge in [0.25, 0.3) is 0 Å². The molecule has 5 aliphatic rings. The second kappa shape index (κ2) is 8.24. The third-order valence-electron chi connectivity index (χ3n) is 9.53. The molecule has 4 fully saturated rings. The summed E-state index contributed by atoms with van der Waals surface area (Å²) < 4.78 is 0. The Morgan fingerprint density at radius 1 is 1.03 bits per heavy atom. The van der Waals surface area contributed by atoms with Gasteiger partial charge in [-0.25, -0.2) is 0 Å². The van der Waals surface area contributed by atoms with Crippen LogP contribution in [0.2, 0.25) is 0 Å². The Hall–Kier alpha value is -1.63. The molecule has 2 N–H and O–H groups in total. The molecule has 180 valence electrons. The number of nitrogens with zero attached hydrogens (tertiary/aromatic N) is 3. The fraction of sp³-hybridized carbons (Fsp3) is 0.741. The predicted octanol–water partition coefficient (Wildman–Crippen LogP) is 2.51. The maximum absolute atomic E-state index is 13.6. The summed E-state index contributed by atoms with van der Waals surface area (Å²) in [6, 6.07) is 5.71. The van der Waals surface area contributed by atoms with Crippen LogP contribution >= 0.6 is 0 Å². The molecule has 6 rings (SSSR count). The van der Waals surface area contributed by atoms with Crippen LogP contribution in [0.15, 0.2) is 18.2 Å². The first kappa shape index (κ1) is 21.9. The van der Waals surface area contributed by atoms with Gasteiger partial charge in [-0.2, -0.15) is 0 Å². The lowest BCUT2D eigenvalue weighted by atomic mass is 9.52. The summed E-state index contributed by atoms with van der Waals surface area (Å²) >= 11 is 0. The van der Waals surface area contributed by atoms with E-state index in [2.05, 4.69) is 9.80 Å². The van der Waals surface area contributed by atoms with Crippen molar-refractivity contribution in [2.75, 3.05) is 45.8 Å². The van der Waals surface area contributed by atoms with Gasteiger partial charge in [0.2, 0.25) is 5.91 Å². The lowest BCUT2D eigenvalue weighted by molar-refractivity contribution is -0.153. The van der Waals surface area contributed by atoms with Crippen LogP contribution in [-0.4, -0.2) is 88.3 Å². The van der Waals surface area contributed by atoms with Crippen LogP contribution in [0, 0.1) is 5.92 Å². The van der Waals surface area contributed by atoms with Crippen LogP contribution in [0.5, 0.6) is 5.75 Å². The molecule has 1 amide bonds. The number of rotatable bonds is 6. The molecule has 6 nitrogen and oxygen atoms in total. The first-order valence-electron chi connectivity index (χ1n) is 13.3. The number of phenolic OH excluding ortho intramolecular Hbond substituents is 1. The SMILES string of the molecule is O=C1C[C@]23CCN(CC4CC4)[C@H](Cc4ccc(O)cc42)[C@]3(O)CCN1CCCN1CCCC1. The van der Waals surface area contributed by atoms with Crippen LogP contribution in [0.3, 0.4) is 0 Å². The van der Waals surface area contributed by atoms with Gasteiger partial charge >= 0.3 is 0 Å². The molecule has 0 radical (unpaired) electrons. The van der Waals surface area contributed by atoms with Crippen LogP contribution in [0.25, 0.3) is 0 Å². The number of aromatic hydroxyl groups is 1. The van der Waals surface area contributed by atoms with Gasteiger partial charge < -0.3 is 20.0 Å². The van der Waals surface area contributed by atoms with Crippen LogP contribution in [0.1, 0.15) is 62.5 Å². The van der Waals surface area contributed by atoms with Crippen LogP contribution in [-0.2, 0) is 16.6 Å². The zero-order valence-corrected chi connectivity index (χ0v) is 19.8. The van der Waals surface area contributed by atoms with Gasteiger partial charge in [0.05, 0.1) is 5.60 Å². The van der Waals surface area contributed by atoms with Crippen LogP contribution in [0.4, 0.5) is 0 Å². The van der Waals surface area contributed by atoms with E-state index in [-0.39, 0.29) is 17.7 Å². The number of hydrogen-bond acceptors (Lipinski definition) is 5. The van der Waals surface area contributed by atoms with Gasteiger partial charge in [0, 0.05) is 37.5 Å². The number of carbonyl (C=O) groups excluding carboxylic acids is 1. The quantitative estimate of drug-likeness (QED) is 0.693. The third kappa shape index (κ3) is 3.69. The van der Waals surface area contributed by atoms with Crippen molar-refractivity contribution in [3.63, 3.8) is 0 Å². The Kier molecular flexibility index (Phi) is 5.46. The van der Waals surface area contributed by atoms with Crippen molar-refractivity contribution in [2.24, 2.45) is 5.92 Å². The minimum Gasteiger partial charge on any atom is -0.508 e. The highest BCUT2D eigenvalue weighted by molar-refractivity contribution is 5.79. The molecule has 3 aliphatic heterocycles. The van der Waals surface area contributed by atoms with E-state index in [1.54, 1.807) is 6.07 Å². The zero-order valence-electron chi connectivity index (χ0n) is 19.8. The lowest BCUT2D eigenvalue weighted by Gasteiger charge is -2.61. The normalized spacial score (nSPS) is 34.8. The van der Waals surface area contributed by atoms with Crippen molar-refractivity contribution in [3.05, 3.63) is 29.3 Å². The molecule has 3 saturated heterocycles. The number of fused-ring (bicyclic) bond motifs is 1. The molecule has 6 heteroatoms. The van der Waals surface area contributed by atoms with Crippen LogP contribution < -0.4 is 0 Å². The summed E-state index contributed by atoms with van der Waals surface area (Å²) in [7, 11) is 0. The standard InChI is InChI=1S/C27H39N3O3/c31-22-7-6-21-16-24-27(33)9-15-29(13-3-12-28-10-1-2-11-28)25(32)18-26(27,23(21)17-22)8-14-30(24)19-20-4-5-20/h6-7,17,20,24,31,33H,1-5,8-16,18-19H2/t24-,26-,27-/m1/s1. The van der Waals surface area contributed by atoms with Crippen molar-refractivity contribution in [3.8, 4) is 5.75 Å². The topological polar surface area (TPSA) is 67.2 Å². The van der Waals surface area contributed by atoms with Crippen molar-refractivity contribution in [1.29, 1.82) is 0 Å². The number of piperidine rings is 1. The molecule has 0 spiro atoms. The highest BCUT2D eigenvalue weighted by Gasteiger charge is 2.64. The van der Waals surface area contributed by atoms with Gasteiger partial charge in [0.15, 0.2) is 0 Å². The summed E-state index contributed by atoms with van der Waals surface area (Å²) in [6.45, 7) is 6.87. The summed E-state index contributed by atoms with van der Waals surface area (Å²) in [4.78, 5) is 20.7. The Balaban J connectivity index is 1.30. The summed E-state index contributed by atoms with van der Waals surface area (Å²) in [5, 5.41) is 22.9. The molecule has 2 bridgehead atoms. The largest absolute Gasteiger partial charge is 0.508 e. The van der Waals surface area contributed by atoms with Gasteiger partial charge in [-0.15, -0.1) is 0 Å². The first-order valence-corrected chi connectivity index (χ1v) is 13.3. The number of phenols is 1. The predicted molar refractivity (Wildman–Crippen MR) is 127 cm³/mol. The van der Waals surface area contributed by atoms with E-state index in [1.807, 2.05) is 17.0 Å². The van der Waals surface area contributed by atoms with E-state index in [9.17, 15) is 15.0 Å². The molecule has 2 aliphatic carbocycles. The van der Waals surface area contributed by atoms with Gasteiger partial charge in [-0.05, 0) is 107 Å². The molecule has 3 heterocycles. The van der Waals surface area contributed by atoms with Gasteiger partial charge in [0.1, 0.15) is 5.75 Å². The van der Waals surface area contributed by atoms with Gasteiger partial charge in [-0.1, -0.05) is 6.07 Å². The molecule has 33 heavy (non-hydrogen) atoms. The fourth-order valence-corrected chi connectivity index (χ4v) is 7.51. The molecule has 1 aromatic carbocycles. The van der Waals surface area contributed by atoms with E-state index >= 15 is 0 Å². The Bertz CT molecular complexity index is 912. The minimum atomic E-state index is -0.930. The summed E-state index contributed by atoms with van der Waals surface area (Å²) in [5.74, 6) is 1.19. The van der Waals surface area contributed by atoms with Crippen molar-refractivity contribution < 1.29 is 15.0 Å². The van der Waals surface area contributed by atoms with E-state index < -0.39 is 11.0 Å². The average Bonchev–Trinajstić information content (AvgIpc) is 3.48. The second-order valence-electron chi connectivity index (χ2n) is 11.5. The number of hydrogen-bond donors (Lipinski definition) is 2. The maximum Gasteiger partial charge on any atom is 0.223 e. The van der Waals surface area contributed by atoms with E-state index in [0.717, 1.165) is 56.9 Å². The van der Waals surface area contributed by atoms with E-state index in [4.69, 9.17) is 0 Å². The molecule has 0 aromatic heterocycles. The highest BCUT2D eigenvalue weighted by atomic mass is 16.3. The molecular weight excluding hydrogens is 414 g/mol. The zero-order chi connectivity index (χ0) is 22.6. The molecule has 3 atom stereocenters. The molecule has 1 aromatic rings. The molecule has 1 saturated carbocycles. The van der Waals surface area contributed by atoms with Crippen molar-refractivity contribution in [2.45, 2.75) is 74.8 Å². The molecule has 0 unspecified atom stereocenters. The highest BCUT2D eigenvalue weighted by Crippen LogP contribution is 2.57. The number of aliphatic hydroxyl groups is 1. The number of amides is 1.